The molecular weight excluding hydrogens is 550 g/mol. The van der Waals surface area contributed by atoms with Crippen LogP contribution in [0.4, 0.5) is 0 Å². The third-order valence-corrected chi connectivity index (χ3v) is 8.58. The molecule has 2 heterocycles. The van der Waals surface area contributed by atoms with Gasteiger partial charge in [-0.15, -0.1) is 11.3 Å². The van der Waals surface area contributed by atoms with Crippen molar-refractivity contribution in [3.05, 3.63) is 77.9 Å². The molecule has 1 aliphatic rings. The van der Waals surface area contributed by atoms with E-state index in [0.29, 0.717) is 25.4 Å². The van der Waals surface area contributed by atoms with Gasteiger partial charge in [-0.1, -0.05) is 35.5 Å². The van der Waals surface area contributed by atoms with Gasteiger partial charge in [0.2, 0.25) is 5.91 Å². The van der Waals surface area contributed by atoms with Gasteiger partial charge >= 0.3 is 0 Å². The minimum absolute atomic E-state index is 0.0133. The fourth-order valence-electron chi connectivity index (χ4n) is 5.02. The molecule has 4 aromatic rings. The summed E-state index contributed by atoms with van der Waals surface area (Å²) in [5.74, 6) is 0.307. The van der Waals surface area contributed by atoms with Crippen LogP contribution in [0.3, 0.4) is 0 Å². The molecule has 0 atom stereocenters. The number of likely N-dealkylation sites (tertiary alicyclic amines) is 1. The zero-order chi connectivity index (χ0) is 29.3. The number of likely N-dealkylation sites (N-methyl/N-ethyl adjacent to an activating group) is 1. The highest BCUT2D eigenvalue weighted by molar-refractivity contribution is 7.25. The summed E-state index contributed by atoms with van der Waals surface area (Å²) < 4.78 is 13.5. The van der Waals surface area contributed by atoms with Crippen molar-refractivity contribution in [2.24, 2.45) is 5.16 Å². The van der Waals surface area contributed by atoms with Crippen molar-refractivity contribution in [1.29, 1.82) is 0 Å². The van der Waals surface area contributed by atoms with Crippen molar-refractivity contribution in [2.75, 3.05) is 47.0 Å². The lowest BCUT2D eigenvalue weighted by Gasteiger charge is -2.28. The van der Waals surface area contributed by atoms with Crippen LogP contribution in [0.15, 0.2) is 71.9 Å². The lowest BCUT2D eigenvalue weighted by Crippen LogP contribution is -2.44. The molecule has 9 heteroatoms. The highest BCUT2D eigenvalue weighted by Crippen LogP contribution is 2.34. The molecule has 0 N–H and O–H groups in total. The van der Waals surface area contributed by atoms with Gasteiger partial charge in [-0.3, -0.25) is 9.59 Å². The number of hydrogen-bond donors (Lipinski definition) is 0. The average molecular weight is 588 g/mol. The first-order chi connectivity index (χ1) is 20.5. The molecule has 0 aliphatic carbocycles. The Morgan fingerprint density at radius 3 is 2.50 bits per heavy atom. The maximum Gasteiger partial charge on any atom is 0.260 e. The van der Waals surface area contributed by atoms with Crippen LogP contribution in [-0.4, -0.2) is 74.3 Å². The molecule has 0 saturated carbocycles. The molecule has 220 valence electrons. The van der Waals surface area contributed by atoms with Crippen molar-refractivity contribution in [3.8, 4) is 5.75 Å². The first-order valence-corrected chi connectivity index (χ1v) is 15.2. The normalized spacial score (nSPS) is 13.9. The maximum atomic E-state index is 12.6. The van der Waals surface area contributed by atoms with Gasteiger partial charge in [-0.2, -0.15) is 0 Å². The summed E-state index contributed by atoms with van der Waals surface area (Å²) in [6.45, 7) is 2.34. The number of oxime groups is 1. The second-order valence-corrected chi connectivity index (χ2v) is 11.6. The van der Waals surface area contributed by atoms with Crippen LogP contribution in [-0.2, 0) is 25.8 Å². The van der Waals surface area contributed by atoms with E-state index in [4.69, 9.17) is 14.3 Å². The van der Waals surface area contributed by atoms with Crippen molar-refractivity contribution in [3.63, 3.8) is 0 Å². The summed E-state index contributed by atoms with van der Waals surface area (Å²) in [5.41, 5.74) is 2.70. The molecule has 0 bridgehead atoms. The van der Waals surface area contributed by atoms with Gasteiger partial charge < -0.3 is 24.1 Å². The van der Waals surface area contributed by atoms with Gasteiger partial charge in [0, 0.05) is 53.8 Å². The van der Waals surface area contributed by atoms with E-state index in [1.165, 1.54) is 25.1 Å². The van der Waals surface area contributed by atoms with Crippen LogP contribution in [0.5, 0.6) is 5.75 Å². The molecular formula is C33H37N3O5S. The molecule has 1 saturated heterocycles. The number of methoxy groups -OCH3 is 1. The number of nitrogens with zero attached hydrogens (tertiary/aromatic N) is 3. The van der Waals surface area contributed by atoms with Crippen LogP contribution in [0.2, 0.25) is 0 Å². The van der Waals surface area contributed by atoms with E-state index >= 15 is 0 Å². The molecule has 8 nitrogen and oxygen atoms in total. The number of carbonyl (C=O) groups excluding carboxylic acids is 2. The minimum Gasteiger partial charge on any atom is -0.484 e. The Kier molecular flexibility index (Phi) is 10.0. The summed E-state index contributed by atoms with van der Waals surface area (Å²) in [6.07, 6.45) is 3.79. The molecule has 0 radical (unpaired) electrons. The van der Waals surface area contributed by atoms with Gasteiger partial charge in [-0.25, -0.2) is 0 Å². The number of piperidine rings is 1. The van der Waals surface area contributed by atoms with E-state index in [-0.39, 0.29) is 25.0 Å². The maximum absolute atomic E-state index is 12.6. The molecule has 1 fully saturated rings. The number of amides is 2. The summed E-state index contributed by atoms with van der Waals surface area (Å²) in [7, 11) is 3.29. The second kappa shape index (κ2) is 14.3. The minimum atomic E-state index is -0.242. The van der Waals surface area contributed by atoms with Crippen LogP contribution in [0, 0.1) is 0 Å². The first-order valence-electron chi connectivity index (χ1n) is 14.3. The molecule has 1 aliphatic heterocycles. The number of hydrogen-bond acceptors (Lipinski definition) is 7. The topological polar surface area (TPSA) is 80.7 Å². The largest absolute Gasteiger partial charge is 0.484 e. The summed E-state index contributed by atoms with van der Waals surface area (Å²) >= 11 is 1.78. The highest BCUT2D eigenvalue weighted by Gasteiger charge is 2.20. The van der Waals surface area contributed by atoms with Crippen molar-refractivity contribution in [2.45, 2.75) is 32.3 Å². The van der Waals surface area contributed by atoms with E-state index in [2.05, 4.69) is 47.6 Å². The number of benzene rings is 3. The molecule has 5 rings (SSSR count). The fourth-order valence-corrected chi connectivity index (χ4v) is 6.19. The van der Waals surface area contributed by atoms with Gasteiger partial charge in [0.15, 0.2) is 6.61 Å². The molecule has 2 amide bonds. The predicted octanol–water partition coefficient (Wildman–Crippen LogP) is 5.86. The van der Waals surface area contributed by atoms with Crippen molar-refractivity contribution < 1.29 is 23.9 Å². The van der Waals surface area contributed by atoms with Gasteiger partial charge in [-0.05, 0) is 66.8 Å². The quantitative estimate of drug-likeness (QED) is 0.153. The number of rotatable bonds is 12. The molecule has 0 unspecified atom stereocenters. The Morgan fingerprint density at radius 1 is 0.952 bits per heavy atom. The van der Waals surface area contributed by atoms with Crippen molar-refractivity contribution in [1.82, 2.24) is 9.80 Å². The molecule has 1 aromatic heterocycles. The van der Waals surface area contributed by atoms with Crippen LogP contribution in [0.25, 0.3) is 20.2 Å². The van der Waals surface area contributed by atoms with Gasteiger partial charge in [0.1, 0.15) is 12.4 Å². The Hall–Kier alpha value is -3.95. The standard InChI is InChI=1S/C33H37N3O5S/c1-35(21-32(37)36-17-6-3-7-18-36)33(38)23-40-26-13-11-25(12-14-26)29(16-19-39-2)34-41-22-24-10-15-28-27-8-4-5-9-30(27)42-31(28)20-24/h4-5,8-15,20H,3,6-7,16-19,21-23H2,1-2H3. The zero-order valence-corrected chi connectivity index (χ0v) is 25.0. The SMILES string of the molecule is COCCC(=NOCc1ccc2c(c1)sc1ccccc12)c1ccc(OCC(=O)N(C)CC(=O)N2CCCCC2)cc1. The van der Waals surface area contributed by atoms with Crippen LogP contribution < -0.4 is 4.74 Å². The van der Waals surface area contributed by atoms with E-state index < -0.39 is 0 Å². The highest BCUT2D eigenvalue weighted by atomic mass is 32.1. The third-order valence-electron chi connectivity index (χ3n) is 7.45. The van der Waals surface area contributed by atoms with Crippen molar-refractivity contribution >= 4 is 49.0 Å². The number of ether oxygens (including phenoxy) is 2. The smallest absolute Gasteiger partial charge is 0.260 e. The first kappa shape index (κ1) is 29.5. The summed E-state index contributed by atoms with van der Waals surface area (Å²) in [4.78, 5) is 34.1. The Labute approximate surface area is 250 Å². The lowest BCUT2D eigenvalue weighted by atomic mass is 10.1. The van der Waals surface area contributed by atoms with E-state index in [1.807, 2.05) is 17.0 Å². The zero-order valence-electron chi connectivity index (χ0n) is 24.2. The monoisotopic (exact) mass is 587 g/mol. The molecule has 42 heavy (non-hydrogen) atoms. The summed E-state index contributed by atoms with van der Waals surface area (Å²) in [6, 6.07) is 22.2. The second-order valence-electron chi connectivity index (χ2n) is 10.5. The summed E-state index contributed by atoms with van der Waals surface area (Å²) in [5, 5.41) is 6.97. The Morgan fingerprint density at radius 2 is 1.71 bits per heavy atom. The van der Waals surface area contributed by atoms with Crippen LogP contribution >= 0.6 is 11.3 Å². The Balaban J connectivity index is 1.15. The molecule has 0 spiro atoms. The van der Waals surface area contributed by atoms with Gasteiger partial charge in [0.25, 0.3) is 5.91 Å². The van der Waals surface area contributed by atoms with E-state index in [9.17, 15) is 9.59 Å². The van der Waals surface area contributed by atoms with E-state index in [0.717, 1.165) is 49.2 Å². The fraction of sp³-hybridized carbons (Fsp3) is 0.364. The van der Waals surface area contributed by atoms with Crippen LogP contribution in [0.1, 0.15) is 36.8 Å². The van der Waals surface area contributed by atoms with Gasteiger partial charge in [0.05, 0.1) is 18.9 Å². The number of fused-ring (bicyclic) bond motifs is 3. The third kappa shape index (κ3) is 7.46. The molecule has 3 aromatic carbocycles. The average Bonchev–Trinajstić information content (AvgIpc) is 3.40. The Bertz CT molecular complexity index is 1540. The lowest BCUT2D eigenvalue weighted by molar-refractivity contribution is -0.140. The predicted molar refractivity (Wildman–Crippen MR) is 167 cm³/mol. The number of carbonyl (C=O) groups is 2. The number of thiophene rings is 1. The van der Waals surface area contributed by atoms with E-state index in [1.54, 1.807) is 37.6 Å².